The molecule has 98 valence electrons. The predicted octanol–water partition coefficient (Wildman–Crippen LogP) is 1.13. The van der Waals surface area contributed by atoms with Gasteiger partial charge in [0.15, 0.2) is 0 Å². The predicted molar refractivity (Wildman–Crippen MR) is 72.0 cm³/mol. The van der Waals surface area contributed by atoms with E-state index in [9.17, 15) is 4.79 Å². The van der Waals surface area contributed by atoms with Gasteiger partial charge in [-0.3, -0.25) is 9.78 Å². The third-order valence-corrected chi connectivity index (χ3v) is 2.38. The number of aliphatic hydroxyl groups is 1. The lowest BCUT2D eigenvalue weighted by Gasteiger charge is -2.06. The molecule has 6 heteroatoms. The highest BCUT2D eigenvalue weighted by Crippen LogP contribution is 2.10. The molecule has 0 aromatic carbocycles. The number of carbonyl (C=O) groups is 1. The Labute approximate surface area is 110 Å². The Balaban J connectivity index is 1.98. The third-order valence-electron chi connectivity index (χ3n) is 2.38. The van der Waals surface area contributed by atoms with Crippen LogP contribution in [0.3, 0.4) is 0 Å². The van der Waals surface area contributed by atoms with Crippen LogP contribution in [0.1, 0.15) is 10.4 Å². The maximum absolute atomic E-state index is 11.9. The fourth-order valence-electron chi connectivity index (χ4n) is 1.46. The van der Waals surface area contributed by atoms with Crippen molar-refractivity contribution < 1.29 is 9.90 Å². The number of rotatable bonds is 5. The molecule has 0 atom stereocenters. The Morgan fingerprint density at radius 3 is 2.63 bits per heavy atom. The van der Waals surface area contributed by atoms with E-state index in [2.05, 4.69) is 20.6 Å². The monoisotopic (exact) mass is 258 g/mol. The van der Waals surface area contributed by atoms with Gasteiger partial charge in [-0.15, -0.1) is 0 Å². The number of anilines is 2. The van der Waals surface area contributed by atoms with Crippen LogP contribution in [0.15, 0.2) is 42.9 Å². The Bertz CT molecular complexity index is 528. The number of aliphatic hydroxyl groups excluding tert-OH is 1. The molecule has 1 amide bonds. The van der Waals surface area contributed by atoms with Crippen molar-refractivity contribution in [3.8, 4) is 0 Å². The summed E-state index contributed by atoms with van der Waals surface area (Å²) in [5.41, 5.74) is 1.15. The van der Waals surface area contributed by atoms with Gasteiger partial charge >= 0.3 is 0 Å². The summed E-state index contributed by atoms with van der Waals surface area (Å²) in [6.07, 6.45) is 4.68. The Morgan fingerprint density at radius 1 is 1.21 bits per heavy atom. The van der Waals surface area contributed by atoms with E-state index in [0.29, 0.717) is 23.6 Å². The van der Waals surface area contributed by atoms with Crippen LogP contribution in [-0.2, 0) is 0 Å². The number of hydrogen-bond acceptors (Lipinski definition) is 5. The number of pyridine rings is 2. The fourth-order valence-corrected chi connectivity index (χ4v) is 1.46. The first-order chi connectivity index (χ1) is 9.29. The molecule has 2 aromatic rings. The first-order valence-electron chi connectivity index (χ1n) is 5.82. The van der Waals surface area contributed by atoms with E-state index >= 15 is 0 Å². The second kappa shape index (κ2) is 6.46. The minimum Gasteiger partial charge on any atom is -0.395 e. The molecular formula is C13H14N4O2. The van der Waals surface area contributed by atoms with Crippen molar-refractivity contribution >= 4 is 17.4 Å². The highest BCUT2D eigenvalue weighted by molar-refractivity contribution is 6.04. The topological polar surface area (TPSA) is 87.1 Å². The molecule has 2 rings (SSSR count). The van der Waals surface area contributed by atoms with Gasteiger partial charge in [0.1, 0.15) is 5.82 Å². The summed E-state index contributed by atoms with van der Waals surface area (Å²) < 4.78 is 0. The van der Waals surface area contributed by atoms with Crippen LogP contribution in [-0.4, -0.2) is 34.1 Å². The van der Waals surface area contributed by atoms with E-state index in [0.717, 1.165) is 0 Å². The van der Waals surface area contributed by atoms with E-state index in [4.69, 9.17) is 5.11 Å². The molecule has 0 spiro atoms. The summed E-state index contributed by atoms with van der Waals surface area (Å²) in [4.78, 5) is 19.8. The molecule has 19 heavy (non-hydrogen) atoms. The summed E-state index contributed by atoms with van der Waals surface area (Å²) in [5.74, 6) is 0.441. The van der Waals surface area contributed by atoms with E-state index in [-0.39, 0.29) is 12.5 Å². The first-order valence-corrected chi connectivity index (χ1v) is 5.82. The summed E-state index contributed by atoms with van der Waals surface area (Å²) in [6.45, 7) is 0.484. The van der Waals surface area contributed by atoms with E-state index in [1.54, 1.807) is 42.9 Å². The zero-order chi connectivity index (χ0) is 13.5. The van der Waals surface area contributed by atoms with Crippen LogP contribution in [0.5, 0.6) is 0 Å². The van der Waals surface area contributed by atoms with E-state index in [1.165, 1.54) is 0 Å². The van der Waals surface area contributed by atoms with Gasteiger partial charge in [0, 0.05) is 24.5 Å². The second-order valence-corrected chi connectivity index (χ2v) is 3.77. The van der Waals surface area contributed by atoms with Crippen molar-refractivity contribution in [3.63, 3.8) is 0 Å². The quantitative estimate of drug-likeness (QED) is 0.748. The minimum absolute atomic E-state index is 0.0439. The van der Waals surface area contributed by atoms with Gasteiger partial charge in [-0.25, -0.2) is 4.98 Å². The summed E-state index contributed by atoms with van der Waals surface area (Å²) in [5, 5.41) is 14.3. The largest absolute Gasteiger partial charge is 0.395 e. The fraction of sp³-hybridized carbons (Fsp3) is 0.154. The number of nitrogens with zero attached hydrogens (tertiary/aromatic N) is 2. The minimum atomic E-state index is -0.208. The molecular weight excluding hydrogens is 244 g/mol. The molecule has 0 aliphatic rings. The van der Waals surface area contributed by atoms with Crippen molar-refractivity contribution in [1.82, 2.24) is 9.97 Å². The smallest absolute Gasteiger partial charge is 0.255 e. The number of hydrogen-bond donors (Lipinski definition) is 3. The van der Waals surface area contributed by atoms with Crippen LogP contribution >= 0.6 is 0 Å². The van der Waals surface area contributed by atoms with Crippen LogP contribution in [0, 0.1) is 0 Å². The number of nitrogens with one attached hydrogen (secondary N) is 2. The maximum atomic E-state index is 11.9. The summed E-state index contributed by atoms with van der Waals surface area (Å²) in [6, 6.07) is 6.75. The standard InChI is InChI=1S/C13H14N4O2/c18-8-7-15-12-2-1-11(9-16-12)17-13(19)10-3-5-14-6-4-10/h1-6,9,18H,7-8H2,(H,15,16)(H,17,19). The van der Waals surface area contributed by atoms with Crippen molar-refractivity contribution in [2.24, 2.45) is 0 Å². The lowest BCUT2D eigenvalue weighted by Crippen LogP contribution is -2.12. The second-order valence-electron chi connectivity index (χ2n) is 3.77. The van der Waals surface area contributed by atoms with Gasteiger partial charge in [0.2, 0.25) is 0 Å². The van der Waals surface area contributed by atoms with Gasteiger partial charge in [-0.05, 0) is 24.3 Å². The number of carbonyl (C=O) groups excluding carboxylic acids is 1. The van der Waals surface area contributed by atoms with E-state index < -0.39 is 0 Å². The Hall–Kier alpha value is -2.47. The number of amides is 1. The molecule has 2 heterocycles. The van der Waals surface area contributed by atoms with Gasteiger partial charge in [-0.2, -0.15) is 0 Å². The van der Waals surface area contributed by atoms with Gasteiger partial charge in [0.05, 0.1) is 18.5 Å². The highest BCUT2D eigenvalue weighted by Gasteiger charge is 2.05. The van der Waals surface area contributed by atoms with Crippen LogP contribution in [0.25, 0.3) is 0 Å². The van der Waals surface area contributed by atoms with Gasteiger partial charge in [-0.1, -0.05) is 0 Å². The molecule has 0 unspecified atom stereocenters. The zero-order valence-corrected chi connectivity index (χ0v) is 10.2. The molecule has 0 radical (unpaired) electrons. The molecule has 0 bridgehead atoms. The lowest BCUT2D eigenvalue weighted by molar-refractivity contribution is 0.102. The average molecular weight is 258 g/mol. The average Bonchev–Trinajstić information content (AvgIpc) is 2.47. The summed E-state index contributed by atoms with van der Waals surface area (Å²) in [7, 11) is 0. The molecule has 3 N–H and O–H groups in total. The summed E-state index contributed by atoms with van der Waals surface area (Å²) >= 11 is 0. The van der Waals surface area contributed by atoms with Crippen LogP contribution < -0.4 is 10.6 Å². The normalized spacial score (nSPS) is 9.95. The maximum Gasteiger partial charge on any atom is 0.255 e. The SMILES string of the molecule is O=C(Nc1ccc(NCCO)nc1)c1ccncc1. The van der Waals surface area contributed by atoms with Gasteiger partial charge < -0.3 is 15.7 Å². The van der Waals surface area contributed by atoms with E-state index in [1.807, 2.05) is 0 Å². The highest BCUT2D eigenvalue weighted by atomic mass is 16.3. The molecule has 6 nitrogen and oxygen atoms in total. The van der Waals surface area contributed by atoms with Crippen molar-refractivity contribution in [2.45, 2.75) is 0 Å². The molecule has 0 fully saturated rings. The van der Waals surface area contributed by atoms with Crippen molar-refractivity contribution in [2.75, 3.05) is 23.8 Å². The first kappa shape index (κ1) is 13.0. The number of aromatic nitrogens is 2. The van der Waals surface area contributed by atoms with Gasteiger partial charge in [0.25, 0.3) is 5.91 Å². The third kappa shape index (κ3) is 3.75. The van der Waals surface area contributed by atoms with Crippen molar-refractivity contribution in [1.29, 1.82) is 0 Å². The van der Waals surface area contributed by atoms with Crippen LogP contribution in [0.4, 0.5) is 11.5 Å². The van der Waals surface area contributed by atoms with Crippen LogP contribution in [0.2, 0.25) is 0 Å². The molecule has 2 aromatic heterocycles. The molecule has 0 saturated carbocycles. The zero-order valence-electron chi connectivity index (χ0n) is 10.2. The van der Waals surface area contributed by atoms with Crippen molar-refractivity contribution in [3.05, 3.63) is 48.4 Å². The molecule has 0 aliphatic heterocycles. The molecule has 0 aliphatic carbocycles. The Morgan fingerprint density at radius 2 is 2.00 bits per heavy atom. The lowest BCUT2D eigenvalue weighted by atomic mass is 10.2. The Kier molecular flexibility index (Phi) is 4.41. The molecule has 0 saturated heterocycles.